The summed E-state index contributed by atoms with van der Waals surface area (Å²) in [6.45, 7) is 6.57. The highest BCUT2D eigenvalue weighted by Gasteiger charge is 2.51. The smallest absolute Gasteiger partial charge is 0.235 e. The van der Waals surface area contributed by atoms with Crippen LogP contribution in [0.1, 0.15) is 44.9 Å². The Hall–Kier alpha value is -3.08. The fourth-order valence-corrected chi connectivity index (χ4v) is 4.07. The number of nitrogens with zero attached hydrogens (tertiary/aromatic N) is 2. The van der Waals surface area contributed by atoms with Crippen molar-refractivity contribution in [2.24, 2.45) is 7.05 Å². The van der Waals surface area contributed by atoms with Crippen molar-refractivity contribution in [1.82, 2.24) is 14.5 Å². The summed E-state index contributed by atoms with van der Waals surface area (Å²) in [6, 6.07) is 14.4. The Balaban J connectivity index is 1.43. The van der Waals surface area contributed by atoms with E-state index >= 15 is 0 Å². The normalized spacial score (nSPS) is 15.7. The molecule has 1 amide bonds. The molecule has 0 saturated heterocycles. The lowest BCUT2D eigenvalue weighted by atomic mass is 9.92. The first-order chi connectivity index (χ1) is 13.8. The zero-order chi connectivity index (χ0) is 20.4. The van der Waals surface area contributed by atoms with E-state index in [9.17, 15) is 4.79 Å². The average Bonchev–Trinajstić information content (AvgIpc) is 3.25. The van der Waals surface area contributed by atoms with Gasteiger partial charge in [-0.3, -0.25) is 4.79 Å². The summed E-state index contributed by atoms with van der Waals surface area (Å²) in [6.07, 6.45) is 3.56. The second kappa shape index (κ2) is 5.96. The first kappa shape index (κ1) is 18.0. The van der Waals surface area contributed by atoms with Gasteiger partial charge in [0.2, 0.25) is 5.91 Å². The summed E-state index contributed by atoms with van der Waals surface area (Å²) in [7, 11) is 1.98. The molecule has 0 atom stereocenters. The quantitative estimate of drug-likeness (QED) is 0.519. The van der Waals surface area contributed by atoms with Crippen LogP contribution in [0.5, 0.6) is 0 Å². The summed E-state index contributed by atoms with van der Waals surface area (Å²) in [4.78, 5) is 21.1. The van der Waals surface area contributed by atoms with Crippen molar-refractivity contribution in [1.29, 1.82) is 0 Å². The molecule has 5 heteroatoms. The third-order valence-corrected chi connectivity index (χ3v) is 6.15. The largest absolute Gasteiger partial charge is 0.358 e. The van der Waals surface area contributed by atoms with Crippen molar-refractivity contribution in [3.63, 3.8) is 0 Å². The molecule has 1 saturated carbocycles. The number of carbonyl (C=O) groups excluding carboxylic acids is 1. The van der Waals surface area contributed by atoms with E-state index in [1.54, 1.807) is 0 Å². The number of benzene rings is 2. The van der Waals surface area contributed by atoms with Gasteiger partial charge in [0, 0.05) is 34.7 Å². The third kappa shape index (κ3) is 2.92. The van der Waals surface area contributed by atoms with Crippen molar-refractivity contribution < 1.29 is 4.79 Å². The lowest BCUT2D eigenvalue weighted by Crippen LogP contribution is -2.27. The molecule has 0 unspecified atom stereocenters. The second-order valence-electron chi connectivity index (χ2n) is 9.33. The molecule has 0 aliphatic heterocycles. The minimum Gasteiger partial charge on any atom is -0.358 e. The van der Waals surface area contributed by atoms with Gasteiger partial charge in [0.1, 0.15) is 0 Å². The van der Waals surface area contributed by atoms with Gasteiger partial charge in [-0.1, -0.05) is 26.8 Å². The maximum atomic E-state index is 13.2. The number of aromatic amines is 1. The van der Waals surface area contributed by atoms with Crippen LogP contribution in [0.2, 0.25) is 0 Å². The van der Waals surface area contributed by atoms with Crippen molar-refractivity contribution in [2.45, 2.75) is 44.4 Å². The number of fused-ring (bicyclic) bond motifs is 2. The van der Waals surface area contributed by atoms with Crippen molar-refractivity contribution in [2.75, 3.05) is 5.32 Å². The highest BCUT2D eigenvalue weighted by molar-refractivity contribution is 6.03. The van der Waals surface area contributed by atoms with Gasteiger partial charge in [-0.15, -0.1) is 0 Å². The summed E-state index contributed by atoms with van der Waals surface area (Å²) in [5, 5.41) is 4.28. The van der Waals surface area contributed by atoms with Gasteiger partial charge in [-0.2, -0.15) is 0 Å². The van der Waals surface area contributed by atoms with E-state index in [0.29, 0.717) is 0 Å². The van der Waals surface area contributed by atoms with Gasteiger partial charge < -0.3 is 14.9 Å². The molecule has 0 radical (unpaired) electrons. The van der Waals surface area contributed by atoms with Crippen molar-refractivity contribution >= 4 is 33.5 Å². The first-order valence-corrected chi connectivity index (χ1v) is 10.1. The number of amides is 1. The zero-order valence-corrected chi connectivity index (χ0v) is 17.3. The summed E-state index contributed by atoms with van der Waals surface area (Å²) in [5.41, 5.74) is 5.82. The highest BCUT2D eigenvalue weighted by atomic mass is 16.2. The second-order valence-corrected chi connectivity index (χ2v) is 9.33. The van der Waals surface area contributed by atoms with Crippen LogP contribution in [0.3, 0.4) is 0 Å². The molecule has 0 bridgehead atoms. The molecule has 2 aromatic heterocycles. The van der Waals surface area contributed by atoms with E-state index in [2.05, 4.69) is 66.4 Å². The van der Waals surface area contributed by atoms with Crippen LogP contribution >= 0.6 is 0 Å². The number of hydrogen-bond acceptors (Lipinski definition) is 2. The van der Waals surface area contributed by atoms with Crippen molar-refractivity contribution in [3.05, 3.63) is 60.0 Å². The van der Waals surface area contributed by atoms with Crippen LogP contribution in [0, 0.1) is 0 Å². The van der Waals surface area contributed by atoms with E-state index < -0.39 is 5.41 Å². The van der Waals surface area contributed by atoms with E-state index in [4.69, 9.17) is 0 Å². The van der Waals surface area contributed by atoms with Crippen LogP contribution in [0.4, 0.5) is 5.69 Å². The fraction of sp³-hybridized carbons (Fsp3) is 0.333. The number of hydrogen-bond donors (Lipinski definition) is 2. The number of carbonyl (C=O) groups is 1. The van der Waals surface area contributed by atoms with E-state index in [1.807, 2.05) is 30.1 Å². The number of H-pyrrole nitrogens is 1. The fourth-order valence-electron chi connectivity index (χ4n) is 4.07. The maximum Gasteiger partial charge on any atom is 0.235 e. The van der Waals surface area contributed by atoms with Gasteiger partial charge in [0.15, 0.2) is 0 Å². The summed E-state index contributed by atoms with van der Waals surface area (Å²) < 4.78 is 2.00. The average molecular weight is 386 g/mol. The van der Waals surface area contributed by atoms with Crippen molar-refractivity contribution in [3.8, 4) is 0 Å². The lowest BCUT2D eigenvalue weighted by molar-refractivity contribution is -0.118. The topological polar surface area (TPSA) is 62.7 Å². The summed E-state index contributed by atoms with van der Waals surface area (Å²) >= 11 is 0. The van der Waals surface area contributed by atoms with E-state index in [-0.39, 0.29) is 11.3 Å². The SMILES string of the molecule is Cn1cnc2cc(C3(C(=O)Nc4ccc5[nH]c(C(C)(C)C)cc5c4)CC3)ccc21. The van der Waals surface area contributed by atoms with Crippen LogP contribution in [-0.2, 0) is 22.7 Å². The Morgan fingerprint density at radius 1 is 1.14 bits per heavy atom. The predicted octanol–water partition coefficient (Wildman–Crippen LogP) is 5.02. The van der Waals surface area contributed by atoms with E-state index in [0.717, 1.165) is 46.0 Å². The predicted molar refractivity (Wildman–Crippen MR) is 117 cm³/mol. The third-order valence-electron chi connectivity index (χ3n) is 6.15. The Bertz CT molecular complexity index is 1250. The molecule has 2 N–H and O–H groups in total. The van der Waals surface area contributed by atoms with Gasteiger partial charge in [-0.25, -0.2) is 4.98 Å². The number of aromatic nitrogens is 3. The molecular formula is C24H26N4O. The highest BCUT2D eigenvalue weighted by Crippen LogP contribution is 2.49. The summed E-state index contributed by atoms with van der Waals surface area (Å²) in [5.74, 6) is 0.0683. The Morgan fingerprint density at radius 2 is 1.93 bits per heavy atom. The minimum atomic E-state index is -0.435. The molecule has 4 aromatic rings. The van der Waals surface area contributed by atoms with Crippen LogP contribution < -0.4 is 5.32 Å². The molecule has 2 heterocycles. The molecule has 2 aromatic carbocycles. The maximum absolute atomic E-state index is 13.2. The monoisotopic (exact) mass is 386 g/mol. The molecule has 148 valence electrons. The molecule has 1 aliphatic rings. The molecule has 5 rings (SSSR count). The van der Waals surface area contributed by atoms with Gasteiger partial charge in [-0.05, 0) is 54.8 Å². The number of anilines is 1. The minimum absolute atomic E-state index is 0.0601. The van der Waals surface area contributed by atoms with Crippen LogP contribution in [0.25, 0.3) is 21.9 Å². The first-order valence-electron chi connectivity index (χ1n) is 10.1. The van der Waals surface area contributed by atoms with Crippen LogP contribution in [-0.4, -0.2) is 20.4 Å². The van der Waals surface area contributed by atoms with Gasteiger partial charge in [0.25, 0.3) is 0 Å². The molecular weight excluding hydrogens is 360 g/mol. The van der Waals surface area contributed by atoms with Crippen LogP contribution in [0.15, 0.2) is 48.8 Å². The molecule has 5 nitrogen and oxygen atoms in total. The number of nitrogens with one attached hydrogen (secondary N) is 2. The Kier molecular flexibility index (Phi) is 3.69. The molecule has 1 aliphatic carbocycles. The van der Waals surface area contributed by atoms with E-state index in [1.165, 1.54) is 5.69 Å². The molecule has 0 spiro atoms. The molecule has 29 heavy (non-hydrogen) atoms. The lowest BCUT2D eigenvalue weighted by Gasteiger charge is -2.16. The Morgan fingerprint density at radius 3 is 2.66 bits per heavy atom. The Labute approximate surface area is 170 Å². The molecule has 1 fully saturated rings. The number of imidazole rings is 1. The number of rotatable bonds is 3. The standard InChI is InChI=1S/C24H26N4O/c1-23(2,3)21-12-15-11-17(6-7-18(15)27-21)26-22(29)24(9-10-24)16-5-8-20-19(13-16)25-14-28(20)4/h5-8,11-14,27H,9-10H2,1-4H3,(H,26,29). The zero-order valence-electron chi connectivity index (χ0n) is 17.3. The number of aryl methyl sites for hydroxylation is 1. The van der Waals surface area contributed by atoms with Gasteiger partial charge >= 0.3 is 0 Å². The van der Waals surface area contributed by atoms with Gasteiger partial charge in [0.05, 0.1) is 22.8 Å².